The zero-order valence-electron chi connectivity index (χ0n) is 10.4. The molecule has 0 aromatic carbocycles. The number of rotatable bonds is 4. The van der Waals surface area contributed by atoms with Gasteiger partial charge in [0.1, 0.15) is 5.82 Å². The van der Waals surface area contributed by atoms with Gasteiger partial charge in [-0.25, -0.2) is 4.98 Å². The minimum absolute atomic E-state index is 0.572. The molecule has 0 aliphatic heterocycles. The van der Waals surface area contributed by atoms with E-state index in [4.69, 9.17) is 5.73 Å². The van der Waals surface area contributed by atoms with Crippen molar-refractivity contribution in [3.63, 3.8) is 0 Å². The third-order valence-electron chi connectivity index (χ3n) is 3.58. The number of aryl methyl sites for hydroxylation is 1. The molecule has 88 valence electrons. The molecule has 3 heteroatoms. The molecule has 1 aromatic rings. The van der Waals surface area contributed by atoms with Gasteiger partial charge in [-0.2, -0.15) is 0 Å². The van der Waals surface area contributed by atoms with E-state index in [2.05, 4.69) is 36.0 Å². The highest BCUT2D eigenvalue weighted by Gasteiger charge is 2.33. The molecule has 1 aliphatic rings. The van der Waals surface area contributed by atoms with Gasteiger partial charge in [-0.3, -0.25) is 0 Å². The van der Waals surface area contributed by atoms with Crippen molar-refractivity contribution >= 4 is 5.82 Å². The van der Waals surface area contributed by atoms with Crippen LogP contribution < -0.4 is 10.6 Å². The fourth-order valence-corrected chi connectivity index (χ4v) is 2.10. The van der Waals surface area contributed by atoms with E-state index in [-0.39, 0.29) is 0 Å². The van der Waals surface area contributed by atoms with Crippen LogP contribution in [0.25, 0.3) is 0 Å². The molecule has 2 rings (SSSR count). The van der Waals surface area contributed by atoms with Gasteiger partial charge in [0.05, 0.1) is 0 Å². The van der Waals surface area contributed by atoms with Gasteiger partial charge >= 0.3 is 0 Å². The first-order valence-corrected chi connectivity index (χ1v) is 5.99. The maximum atomic E-state index is 5.63. The number of hydrogen-bond donors (Lipinski definition) is 1. The van der Waals surface area contributed by atoms with Crippen LogP contribution in [0.5, 0.6) is 0 Å². The molecule has 0 spiro atoms. The van der Waals surface area contributed by atoms with Crippen LogP contribution in [0.4, 0.5) is 5.82 Å². The Bertz CT molecular complexity index is 375. The van der Waals surface area contributed by atoms with E-state index in [9.17, 15) is 0 Å². The minimum atomic E-state index is 0.572. The number of pyridine rings is 1. The molecule has 16 heavy (non-hydrogen) atoms. The average Bonchev–Trinajstić information content (AvgIpc) is 2.94. The summed E-state index contributed by atoms with van der Waals surface area (Å²) in [5, 5.41) is 0. The van der Waals surface area contributed by atoms with Gasteiger partial charge in [0.2, 0.25) is 0 Å². The summed E-state index contributed by atoms with van der Waals surface area (Å²) >= 11 is 0. The first-order chi connectivity index (χ1) is 7.61. The van der Waals surface area contributed by atoms with Crippen molar-refractivity contribution in [2.45, 2.75) is 26.8 Å². The number of aromatic nitrogens is 1. The van der Waals surface area contributed by atoms with Crippen LogP contribution in [0.1, 0.15) is 24.6 Å². The fourth-order valence-electron chi connectivity index (χ4n) is 2.10. The molecule has 1 heterocycles. The standard InChI is InChI=1S/C13H21N3/c1-9-6-12(9)8-16(3)13-5-4-11(7-14)10(2)15-13/h4-5,9,12H,6-8,14H2,1-3H3. The SMILES string of the molecule is Cc1nc(N(C)CC2CC2C)ccc1CN. The van der Waals surface area contributed by atoms with Crippen LogP contribution in [0, 0.1) is 18.8 Å². The summed E-state index contributed by atoms with van der Waals surface area (Å²) in [6.07, 6.45) is 1.37. The van der Waals surface area contributed by atoms with Crippen molar-refractivity contribution in [1.82, 2.24) is 4.98 Å². The lowest BCUT2D eigenvalue weighted by atomic mass is 10.2. The average molecular weight is 219 g/mol. The van der Waals surface area contributed by atoms with Crippen LogP contribution >= 0.6 is 0 Å². The highest BCUT2D eigenvalue weighted by Crippen LogP contribution is 2.38. The van der Waals surface area contributed by atoms with E-state index in [1.807, 2.05) is 6.92 Å². The normalized spacial score (nSPS) is 23.2. The number of anilines is 1. The van der Waals surface area contributed by atoms with Crippen LogP contribution in [-0.4, -0.2) is 18.6 Å². The molecule has 0 bridgehead atoms. The van der Waals surface area contributed by atoms with Crippen molar-refractivity contribution in [2.75, 3.05) is 18.5 Å². The molecule has 1 saturated carbocycles. The Morgan fingerprint density at radius 3 is 2.69 bits per heavy atom. The Kier molecular flexibility index (Phi) is 3.15. The molecule has 0 amide bonds. The Morgan fingerprint density at radius 1 is 1.50 bits per heavy atom. The maximum absolute atomic E-state index is 5.63. The maximum Gasteiger partial charge on any atom is 0.128 e. The predicted molar refractivity (Wildman–Crippen MR) is 67.4 cm³/mol. The molecule has 0 saturated heterocycles. The molecular formula is C13H21N3. The van der Waals surface area contributed by atoms with Gasteiger partial charge in [0.25, 0.3) is 0 Å². The Labute approximate surface area is 97.7 Å². The molecule has 1 fully saturated rings. The summed E-state index contributed by atoms with van der Waals surface area (Å²) < 4.78 is 0. The van der Waals surface area contributed by atoms with Crippen LogP contribution in [-0.2, 0) is 6.54 Å². The van der Waals surface area contributed by atoms with Gasteiger partial charge in [-0.05, 0) is 36.8 Å². The van der Waals surface area contributed by atoms with Gasteiger partial charge in [0, 0.05) is 25.8 Å². The minimum Gasteiger partial charge on any atom is -0.359 e. The van der Waals surface area contributed by atoms with E-state index in [1.54, 1.807) is 0 Å². The smallest absolute Gasteiger partial charge is 0.128 e. The van der Waals surface area contributed by atoms with Crippen molar-refractivity contribution in [1.29, 1.82) is 0 Å². The summed E-state index contributed by atoms with van der Waals surface area (Å²) in [6.45, 7) is 6.03. The van der Waals surface area contributed by atoms with Crippen molar-refractivity contribution in [3.8, 4) is 0 Å². The number of hydrogen-bond acceptors (Lipinski definition) is 3. The predicted octanol–water partition coefficient (Wildman–Crippen LogP) is 1.94. The van der Waals surface area contributed by atoms with Gasteiger partial charge in [-0.1, -0.05) is 13.0 Å². The van der Waals surface area contributed by atoms with E-state index < -0.39 is 0 Å². The van der Waals surface area contributed by atoms with Crippen molar-refractivity contribution in [2.24, 2.45) is 17.6 Å². The first kappa shape index (κ1) is 11.4. The highest BCUT2D eigenvalue weighted by molar-refractivity contribution is 5.41. The quantitative estimate of drug-likeness (QED) is 0.841. The molecular weight excluding hydrogens is 198 g/mol. The molecule has 1 aliphatic carbocycles. The second-order valence-corrected chi connectivity index (χ2v) is 4.97. The topological polar surface area (TPSA) is 42.2 Å². The first-order valence-electron chi connectivity index (χ1n) is 5.99. The lowest BCUT2D eigenvalue weighted by molar-refractivity contribution is 0.718. The van der Waals surface area contributed by atoms with Crippen LogP contribution in [0.2, 0.25) is 0 Å². The third kappa shape index (κ3) is 2.35. The zero-order chi connectivity index (χ0) is 11.7. The monoisotopic (exact) mass is 219 g/mol. The summed E-state index contributed by atoms with van der Waals surface area (Å²) in [7, 11) is 2.12. The number of nitrogens with zero attached hydrogens (tertiary/aromatic N) is 2. The molecule has 2 unspecified atom stereocenters. The van der Waals surface area contributed by atoms with Crippen molar-refractivity contribution in [3.05, 3.63) is 23.4 Å². The van der Waals surface area contributed by atoms with Crippen LogP contribution in [0.15, 0.2) is 12.1 Å². The summed E-state index contributed by atoms with van der Waals surface area (Å²) in [5.41, 5.74) is 7.82. The van der Waals surface area contributed by atoms with E-state index >= 15 is 0 Å². The Hall–Kier alpha value is -1.09. The second kappa shape index (κ2) is 4.42. The van der Waals surface area contributed by atoms with Crippen LogP contribution in [0.3, 0.4) is 0 Å². The van der Waals surface area contributed by atoms with E-state index in [1.165, 1.54) is 6.42 Å². The largest absolute Gasteiger partial charge is 0.359 e. The Balaban J connectivity index is 2.05. The molecule has 0 radical (unpaired) electrons. The molecule has 2 N–H and O–H groups in total. The lowest BCUT2D eigenvalue weighted by Gasteiger charge is -2.19. The summed E-state index contributed by atoms with van der Waals surface area (Å²) in [6, 6.07) is 4.16. The van der Waals surface area contributed by atoms with Gasteiger partial charge < -0.3 is 10.6 Å². The second-order valence-electron chi connectivity index (χ2n) is 4.97. The lowest BCUT2D eigenvalue weighted by Crippen LogP contribution is -2.22. The molecule has 3 nitrogen and oxygen atoms in total. The zero-order valence-corrected chi connectivity index (χ0v) is 10.4. The fraction of sp³-hybridized carbons (Fsp3) is 0.615. The summed E-state index contributed by atoms with van der Waals surface area (Å²) in [4.78, 5) is 6.85. The number of nitrogens with two attached hydrogens (primary N) is 1. The highest BCUT2D eigenvalue weighted by atomic mass is 15.2. The van der Waals surface area contributed by atoms with E-state index in [0.717, 1.165) is 35.5 Å². The van der Waals surface area contributed by atoms with E-state index in [0.29, 0.717) is 6.54 Å². The van der Waals surface area contributed by atoms with Gasteiger partial charge in [-0.15, -0.1) is 0 Å². The molecule has 1 aromatic heterocycles. The van der Waals surface area contributed by atoms with Gasteiger partial charge in [0.15, 0.2) is 0 Å². The van der Waals surface area contributed by atoms with Crippen molar-refractivity contribution < 1.29 is 0 Å². The third-order valence-corrected chi connectivity index (χ3v) is 3.58. The molecule has 2 atom stereocenters. The summed E-state index contributed by atoms with van der Waals surface area (Å²) in [5.74, 6) is 2.82. The Morgan fingerprint density at radius 2 is 2.19 bits per heavy atom.